The van der Waals surface area contributed by atoms with Gasteiger partial charge in [0.2, 0.25) is 11.0 Å². The molecule has 1 heterocycles. The third kappa shape index (κ3) is 5.74. The second-order valence-corrected chi connectivity index (χ2v) is 8.35. The summed E-state index contributed by atoms with van der Waals surface area (Å²) in [7, 11) is 0. The molecule has 7 nitrogen and oxygen atoms in total. The number of rotatable bonds is 4. The quantitative estimate of drug-likeness (QED) is 0.775. The summed E-state index contributed by atoms with van der Waals surface area (Å²) in [4.78, 5) is 24.0. The van der Waals surface area contributed by atoms with Crippen LogP contribution in [0.25, 0.3) is 0 Å². The Labute approximate surface area is 147 Å². The van der Waals surface area contributed by atoms with Gasteiger partial charge < -0.3 is 10.6 Å². The molecule has 8 heteroatoms. The Bertz CT molecular complexity index is 575. The summed E-state index contributed by atoms with van der Waals surface area (Å²) in [6.45, 7) is 7.33. The van der Waals surface area contributed by atoms with Crippen LogP contribution in [0.4, 0.5) is 9.93 Å². The second-order valence-electron chi connectivity index (χ2n) is 7.34. The number of anilines is 1. The maximum absolute atomic E-state index is 12.0. The van der Waals surface area contributed by atoms with Gasteiger partial charge in [-0.2, -0.15) is 0 Å². The SMILES string of the molecule is CC(NC(=O)Nc1nnc(C2CCCCC2)s1)C(=O)NC(C)(C)C. The Hall–Kier alpha value is -1.70. The lowest BCUT2D eigenvalue weighted by Gasteiger charge is -2.23. The molecule has 1 aliphatic rings. The molecule has 0 bridgehead atoms. The third-order valence-electron chi connectivity index (χ3n) is 3.85. The largest absolute Gasteiger partial charge is 0.350 e. The van der Waals surface area contributed by atoms with Gasteiger partial charge in [0, 0.05) is 11.5 Å². The van der Waals surface area contributed by atoms with Crippen molar-refractivity contribution in [2.24, 2.45) is 0 Å². The number of nitrogens with zero attached hydrogens (tertiary/aromatic N) is 2. The lowest BCUT2D eigenvalue weighted by Crippen LogP contribution is -2.51. The first-order valence-corrected chi connectivity index (χ1v) is 9.29. The van der Waals surface area contributed by atoms with Crippen LogP contribution in [0.3, 0.4) is 0 Å². The highest BCUT2D eigenvalue weighted by atomic mass is 32.1. The molecule has 24 heavy (non-hydrogen) atoms. The van der Waals surface area contributed by atoms with Crippen molar-refractivity contribution >= 4 is 28.4 Å². The van der Waals surface area contributed by atoms with Gasteiger partial charge in [0.25, 0.3) is 0 Å². The summed E-state index contributed by atoms with van der Waals surface area (Å²) < 4.78 is 0. The van der Waals surface area contributed by atoms with Gasteiger partial charge in [0.1, 0.15) is 11.0 Å². The number of hydrogen-bond acceptors (Lipinski definition) is 5. The zero-order chi connectivity index (χ0) is 17.7. The van der Waals surface area contributed by atoms with E-state index < -0.39 is 12.1 Å². The van der Waals surface area contributed by atoms with Crippen molar-refractivity contribution in [2.45, 2.75) is 77.3 Å². The van der Waals surface area contributed by atoms with Gasteiger partial charge in [0.05, 0.1) is 0 Å². The Morgan fingerprint density at radius 1 is 1.17 bits per heavy atom. The van der Waals surface area contributed by atoms with Crippen LogP contribution in [-0.4, -0.2) is 33.7 Å². The molecular weight excluding hydrogens is 326 g/mol. The number of carbonyl (C=O) groups excluding carboxylic acids is 2. The average Bonchev–Trinajstić information content (AvgIpc) is 2.94. The fourth-order valence-electron chi connectivity index (χ4n) is 2.67. The van der Waals surface area contributed by atoms with Crippen molar-refractivity contribution < 1.29 is 9.59 Å². The molecule has 0 saturated heterocycles. The van der Waals surface area contributed by atoms with Gasteiger partial charge in [-0.05, 0) is 40.5 Å². The van der Waals surface area contributed by atoms with E-state index in [9.17, 15) is 9.59 Å². The predicted octanol–water partition coefficient (Wildman–Crippen LogP) is 3.01. The first-order valence-electron chi connectivity index (χ1n) is 8.47. The van der Waals surface area contributed by atoms with Crippen LogP contribution in [0.5, 0.6) is 0 Å². The number of aromatic nitrogens is 2. The average molecular weight is 353 g/mol. The van der Waals surface area contributed by atoms with E-state index in [1.165, 1.54) is 30.6 Å². The molecule has 1 fully saturated rings. The van der Waals surface area contributed by atoms with Crippen molar-refractivity contribution in [3.8, 4) is 0 Å². The van der Waals surface area contributed by atoms with Gasteiger partial charge in [-0.15, -0.1) is 10.2 Å². The molecule has 0 spiro atoms. The van der Waals surface area contributed by atoms with E-state index >= 15 is 0 Å². The van der Waals surface area contributed by atoms with Crippen LogP contribution in [-0.2, 0) is 4.79 Å². The highest BCUT2D eigenvalue weighted by Crippen LogP contribution is 2.35. The minimum absolute atomic E-state index is 0.224. The van der Waals surface area contributed by atoms with Gasteiger partial charge in [-0.3, -0.25) is 10.1 Å². The first kappa shape index (κ1) is 18.6. The van der Waals surface area contributed by atoms with Crippen molar-refractivity contribution in [3.05, 3.63) is 5.01 Å². The normalized spacial score (nSPS) is 17.2. The lowest BCUT2D eigenvalue weighted by molar-refractivity contribution is -0.123. The Balaban J connectivity index is 1.84. The van der Waals surface area contributed by atoms with Crippen molar-refractivity contribution in [2.75, 3.05) is 5.32 Å². The lowest BCUT2D eigenvalue weighted by atomic mass is 9.90. The molecule has 3 amide bonds. The van der Waals surface area contributed by atoms with E-state index in [1.807, 2.05) is 20.8 Å². The summed E-state index contributed by atoms with van der Waals surface area (Å²) in [5.41, 5.74) is -0.336. The number of carbonyl (C=O) groups is 2. The molecular formula is C16H27N5O2S. The predicted molar refractivity (Wildman–Crippen MR) is 95.2 cm³/mol. The topological polar surface area (TPSA) is 96.0 Å². The number of amides is 3. The van der Waals surface area contributed by atoms with E-state index in [4.69, 9.17) is 0 Å². The molecule has 1 saturated carbocycles. The summed E-state index contributed by atoms with van der Waals surface area (Å²) in [5, 5.41) is 17.8. The third-order valence-corrected chi connectivity index (χ3v) is 4.86. The minimum Gasteiger partial charge on any atom is -0.350 e. The Kier molecular flexibility index (Phi) is 6.15. The molecule has 1 atom stereocenters. The van der Waals surface area contributed by atoms with E-state index in [0.29, 0.717) is 11.0 Å². The Morgan fingerprint density at radius 2 is 1.83 bits per heavy atom. The van der Waals surface area contributed by atoms with Gasteiger partial charge in [-0.25, -0.2) is 4.79 Å². The molecule has 2 rings (SSSR count). The van der Waals surface area contributed by atoms with Crippen LogP contribution in [0.15, 0.2) is 0 Å². The fraction of sp³-hybridized carbons (Fsp3) is 0.750. The van der Waals surface area contributed by atoms with Gasteiger partial charge >= 0.3 is 6.03 Å². The van der Waals surface area contributed by atoms with Crippen molar-refractivity contribution in [1.82, 2.24) is 20.8 Å². The smallest absolute Gasteiger partial charge is 0.321 e. The second kappa shape index (κ2) is 7.92. The summed E-state index contributed by atoms with van der Waals surface area (Å²) >= 11 is 1.42. The highest BCUT2D eigenvalue weighted by molar-refractivity contribution is 7.15. The first-order chi connectivity index (χ1) is 11.2. The molecule has 0 aromatic carbocycles. The van der Waals surface area contributed by atoms with E-state index in [0.717, 1.165) is 17.8 Å². The maximum Gasteiger partial charge on any atom is 0.321 e. The monoisotopic (exact) mass is 353 g/mol. The Morgan fingerprint density at radius 3 is 2.46 bits per heavy atom. The number of hydrogen-bond donors (Lipinski definition) is 3. The summed E-state index contributed by atoms with van der Waals surface area (Å²) in [5.74, 6) is 0.240. The molecule has 1 aromatic rings. The van der Waals surface area contributed by atoms with Gasteiger partial charge in [0.15, 0.2) is 0 Å². The number of urea groups is 1. The maximum atomic E-state index is 12.0. The van der Waals surface area contributed by atoms with Crippen molar-refractivity contribution in [1.29, 1.82) is 0 Å². The molecule has 1 aromatic heterocycles. The zero-order valence-electron chi connectivity index (χ0n) is 14.8. The molecule has 1 unspecified atom stereocenters. The molecule has 0 radical (unpaired) electrons. The fourth-order valence-corrected chi connectivity index (χ4v) is 3.58. The van der Waals surface area contributed by atoms with Crippen LogP contribution in [0.2, 0.25) is 0 Å². The highest BCUT2D eigenvalue weighted by Gasteiger charge is 2.22. The standard InChI is InChI=1S/C16H27N5O2S/c1-10(12(22)19-16(2,3)4)17-14(23)18-15-21-20-13(24-15)11-8-6-5-7-9-11/h10-11H,5-9H2,1-4H3,(H,19,22)(H2,17,18,21,23). The summed E-state index contributed by atoms with van der Waals surface area (Å²) in [6.07, 6.45) is 6.04. The van der Waals surface area contributed by atoms with Crippen LogP contribution in [0, 0.1) is 0 Å². The minimum atomic E-state index is -0.630. The molecule has 1 aliphatic carbocycles. The van der Waals surface area contributed by atoms with Gasteiger partial charge in [-0.1, -0.05) is 30.6 Å². The van der Waals surface area contributed by atoms with Crippen molar-refractivity contribution in [3.63, 3.8) is 0 Å². The van der Waals surface area contributed by atoms with Crippen LogP contribution < -0.4 is 16.0 Å². The molecule has 134 valence electrons. The zero-order valence-corrected chi connectivity index (χ0v) is 15.6. The van der Waals surface area contributed by atoms with E-state index in [2.05, 4.69) is 26.1 Å². The summed E-state index contributed by atoms with van der Waals surface area (Å²) in [6, 6.07) is -1.08. The van der Waals surface area contributed by atoms with E-state index in [1.54, 1.807) is 6.92 Å². The van der Waals surface area contributed by atoms with Crippen LogP contribution >= 0.6 is 11.3 Å². The van der Waals surface area contributed by atoms with E-state index in [-0.39, 0.29) is 11.4 Å². The van der Waals surface area contributed by atoms with Crippen LogP contribution in [0.1, 0.15) is 70.7 Å². The molecule has 0 aliphatic heterocycles. The number of nitrogens with one attached hydrogen (secondary N) is 3. The molecule has 3 N–H and O–H groups in total.